The maximum atomic E-state index is 13.2. The van der Waals surface area contributed by atoms with Gasteiger partial charge in [0.1, 0.15) is 0 Å². The molecule has 50 heavy (non-hydrogen) atoms. The topological polar surface area (TPSA) is 95.0 Å². The summed E-state index contributed by atoms with van der Waals surface area (Å²) in [5.41, 5.74) is 11.5. The van der Waals surface area contributed by atoms with Crippen molar-refractivity contribution in [2.45, 2.75) is 80.1 Å². The number of aryl methyl sites for hydroxylation is 2. The van der Waals surface area contributed by atoms with E-state index in [2.05, 4.69) is 125 Å². The van der Waals surface area contributed by atoms with Gasteiger partial charge >= 0.3 is 6.03 Å². The lowest BCUT2D eigenvalue weighted by Gasteiger charge is -2.32. The minimum absolute atomic E-state index is 0. The van der Waals surface area contributed by atoms with Gasteiger partial charge in [0.15, 0.2) is 0 Å². The predicted octanol–water partition coefficient (Wildman–Crippen LogP) is -1.15. The number of carbonyl (C=O) groups is 1. The standard InChI is InChI=1S/C39H56N6O.CH4O.2ClH/c1-31-13-17-33(18-14-31)21-23-35(38(3,4)29-44-25-9-7-10-26-44)40-42-37(46)43-41-36(24-22-34-19-15-32(2)16-20-34)39(5,6)30-45-27-11-8-12-28-45;1-2;;/h13-24H,7-12,25-30H2,1-6H3,(H2,42,43,46);2H,1H3;2*1H/b23-21+,24-22+,40-35+,41-36+;;;. The summed E-state index contributed by atoms with van der Waals surface area (Å²) in [4.78, 5) is 16.4. The summed E-state index contributed by atoms with van der Waals surface area (Å²) < 4.78 is 0. The van der Waals surface area contributed by atoms with E-state index in [0.717, 1.165) is 42.7 Å². The third-order valence-electron chi connectivity index (χ3n) is 9.47. The average Bonchev–Trinajstić information content (AvgIpc) is 3.07. The van der Waals surface area contributed by atoms with Crippen LogP contribution < -0.4 is 45.5 Å². The van der Waals surface area contributed by atoms with Gasteiger partial charge in [0, 0.05) is 7.11 Å². The molecule has 2 heterocycles. The lowest BCUT2D eigenvalue weighted by molar-refractivity contribution is -0.909. The van der Waals surface area contributed by atoms with Crippen molar-refractivity contribution in [1.82, 2.24) is 10.9 Å². The zero-order valence-electron chi connectivity index (χ0n) is 31.4. The van der Waals surface area contributed by atoms with Crippen molar-refractivity contribution >= 4 is 29.6 Å². The van der Waals surface area contributed by atoms with Crippen LogP contribution in [-0.2, 0) is 0 Å². The highest BCUT2D eigenvalue weighted by Gasteiger charge is 2.32. The van der Waals surface area contributed by atoms with Crippen LogP contribution in [0.15, 0.2) is 70.9 Å². The van der Waals surface area contributed by atoms with Crippen LogP contribution in [0.4, 0.5) is 4.79 Å². The largest absolute Gasteiger partial charge is 1.00 e. The summed E-state index contributed by atoms with van der Waals surface area (Å²) in [7, 11) is 1.00. The van der Waals surface area contributed by atoms with Crippen LogP contribution in [0.3, 0.4) is 0 Å². The number of piperidine rings is 2. The Labute approximate surface area is 314 Å². The molecule has 278 valence electrons. The second-order valence-electron chi connectivity index (χ2n) is 14.8. The van der Waals surface area contributed by atoms with Crippen LogP contribution in [0.5, 0.6) is 0 Å². The van der Waals surface area contributed by atoms with Gasteiger partial charge in [0.2, 0.25) is 0 Å². The first-order chi connectivity index (χ1) is 23.0. The van der Waals surface area contributed by atoms with Crippen LogP contribution in [0.25, 0.3) is 12.2 Å². The molecule has 0 radical (unpaired) electrons. The van der Waals surface area contributed by atoms with Crippen LogP contribution in [-0.4, -0.2) is 68.9 Å². The lowest BCUT2D eigenvalue weighted by Crippen LogP contribution is -3.14. The number of hydrogen-bond donors (Lipinski definition) is 5. The molecule has 0 atom stereocenters. The minimum Gasteiger partial charge on any atom is -1.00 e. The fraction of sp³-hybridized carbons (Fsp3) is 0.525. The molecule has 2 aliphatic rings. The summed E-state index contributed by atoms with van der Waals surface area (Å²) in [6.07, 6.45) is 16.0. The number of urea groups is 1. The third-order valence-corrected chi connectivity index (χ3v) is 9.47. The summed E-state index contributed by atoms with van der Waals surface area (Å²) in [5, 5.41) is 16.4. The van der Waals surface area contributed by atoms with Gasteiger partial charge < -0.3 is 39.7 Å². The molecular formula is C40H62Cl2N6O2. The second-order valence-corrected chi connectivity index (χ2v) is 14.8. The molecule has 4 rings (SSSR count). The number of quaternary nitrogens is 2. The van der Waals surface area contributed by atoms with Crippen LogP contribution in [0.2, 0.25) is 0 Å². The predicted molar refractivity (Wildman–Crippen MR) is 201 cm³/mol. The number of benzene rings is 2. The Morgan fingerprint density at radius 3 is 1.28 bits per heavy atom. The number of aliphatic hydroxyl groups is 1. The van der Waals surface area contributed by atoms with E-state index in [9.17, 15) is 4.79 Å². The zero-order valence-corrected chi connectivity index (χ0v) is 32.9. The van der Waals surface area contributed by atoms with E-state index in [1.54, 1.807) is 9.80 Å². The van der Waals surface area contributed by atoms with Crippen molar-refractivity contribution in [2.75, 3.05) is 46.4 Å². The number of amides is 2. The first-order valence-electron chi connectivity index (χ1n) is 17.8. The first kappa shape index (κ1) is 45.0. The molecule has 0 spiro atoms. The van der Waals surface area contributed by atoms with Crippen LogP contribution in [0, 0.1) is 24.7 Å². The molecule has 10 heteroatoms. The van der Waals surface area contributed by atoms with Crippen LogP contribution in [0.1, 0.15) is 88.5 Å². The summed E-state index contributed by atoms with van der Waals surface area (Å²) in [6.45, 7) is 19.8. The van der Waals surface area contributed by atoms with E-state index in [1.165, 1.54) is 75.8 Å². The maximum absolute atomic E-state index is 13.2. The van der Waals surface area contributed by atoms with Crippen molar-refractivity contribution in [1.29, 1.82) is 0 Å². The lowest BCUT2D eigenvalue weighted by atomic mass is 9.85. The Morgan fingerprint density at radius 2 is 0.960 bits per heavy atom. The van der Waals surface area contributed by atoms with Gasteiger partial charge in [0.05, 0.1) is 61.5 Å². The molecule has 0 aliphatic carbocycles. The number of allylic oxidation sites excluding steroid dienone is 2. The van der Waals surface area contributed by atoms with Crippen molar-refractivity contribution in [2.24, 2.45) is 21.0 Å². The molecule has 5 N–H and O–H groups in total. The summed E-state index contributed by atoms with van der Waals surface area (Å²) >= 11 is 0. The highest BCUT2D eigenvalue weighted by Crippen LogP contribution is 2.20. The number of nitrogens with one attached hydrogen (secondary N) is 4. The highest BCUT2D eigenvalue weighted by atomic mass is 35.5. The highest BCUT2D eigenvalue weighted by molar-refractivity contribution is 6.03. The monoisotopic (exact) mass is 728 g/mol. The van der Waals surface area contributed by atoms with Gasteiger partial charge in [-0.3, -0.25) is 0 Å². The van der Waals surface area contributed by atoms with E-state index < -0.39 is 6.03 Å². The molecule has 0 aromatic heterocycles. The fourth-order valence-corrected chi connectivity index (χ4v) is 6.67. The molecule has 2 fully saturated rings. The molecule has 2 aliphatic heterocycles. The Balaban J connectivity index is 0.00000307. The van der Waals surface area contributed by atoms with Gasteiger partial charge in [-0.2, -0.15) is 10.2 Å². The molecule has 2 amide bonds. The zero-order chi connectivity index (χ0) is 35.0. The number of likely N-dealkylation sites (tertiary alicyclic amines) is 2. The molecule has 0 bridgehead atoms. The molecule has 0 saturated carbocycles. The van der Waals surface area contributed by atoms with Gasteiger partial charge in [-0.15, -0.1) is 0 Å². The quantitative estimate of drug-likeness (QED) is 0.141. The van der Waals surface area contributed by atoms with Crippen LogP contribution >= 0.6 is 0 Å². The second kappa shape index (κ2) is 22.7. The SMILES string of the molecule is CO.Cc1ccc(/C=C/C(=N\NC(=O)N/N=C(\C=C\c2ccc(C)cc2)C(C)(C)C[NH+]2CCCCC2)C(C)(C)C[NH+]2CCCCC2)cc1.[Cl-].[Cl-]. The van der Waals surface area contributed by atoms with E-state index in [-0.39, 0.29) is 35.6 Å². The molecule has 2 aromatic carbocycles. The number of nitrogens with zero attached hydrogens (tertiary/aromatic N) is 2. The summed E-state index contributed by atoms with van der Waals surface area (Å²) in [5.74, 6) is 0. The molecule has 2 saturated heterocycles. The fourth-order valence-electron chi connectivity index (χ4n) is 6.67. The number of halogens is 2. The van der Waals surface area contributed by atoms with E-state index in [4.69, 9.17) is 15.3 Å². The molecular weight excluding hydrogens is 667 g/mol. The summed E-state index contributed by atoms with van der Waals surface area (Å²) in [6, 6.07) is 16.5. The Kier molecular flexibility index (Phi) is 20.5. The third kappa shape index (κ3) is 15.5. The Bertz CT molecular complexity index is 1280. The van der Waals surface area contributed by atoms with E-state index in [1.807, 2.05) is 0 Å². The number of hydrogen-bond acceptors (Lipinski definition) is 4. The van der Waals surface area contributed by atoms with Gasteiger partial charge in [-0.05, 0) is 103 Å². The normalized spacial score (nSPS) is 16.6. The average molecular weight is 730 g/mol. The van der Waals surface area contributed by atoms with E-state index >= 15 is 0 Å². The molecule has 0 unspecified atom stereocenters. The maximum Gasteiger partial charge on any atom is 0.355 e. The van der Waals surface area contributed by atoms with Crippen molar-refractivity contribution in [3.8, 4) is 0 Å². The van der Waals surface area contributed by atoms with Gasteiger partial charge in [-0.25, -0.2) is 15.6 Å². The van der Waals surface area contributed by atoms with E-state index in [0.29, 0.717) is 0 Å². The Morgan fingerprint density at radius 1 is 0.640 bits per heavy atom. The first-order valence-corrected chi connectivity index (χ1v) is 17.8. The molecule has 8 nitrogen and oxygen atoms in total. The van der Waals surface area contributed by atoms with Crippen molar-refractivity contribution < 1.29 is 44.5 Å². The van der Waals surface area contributed by atoms with Crippen molar-refractivity contribution in [3.63, 3.8) is 0 Å². The van der Waals surface area contributed by atoms with Gasteiger partial charge in [0.25, 0.3) is 0 Å². The number of rotatable bonds is 12. The number of hydrazone groups is 2. The van der Waals surface area contributed by atoms with Crippen molar-refractivity contribution in [3.05, 3.63) is 82.9 Å². The smallest absolute Gasteiger partial charge is 0.355 e. The molecule has 2 aromatic rings. The number of aliphatic hydroxyl groups excluding tert-OH is 1. The van der Waals surface area contributed by atoms with Gasteiger partial charge in [-0.1, -0.05) is 71.8 Å². The minimum atomic E-state index is -0.440. The number of carbonyl (C=O) groups excluding carboxylic acids is 1. The Hall–Kier alpha value is -3.01.